The van der Waals surface area contributed by atoms with Gasteiger partial charge in [0.1, 0.15) is 0 Å². The maximum absolute atomic E-state index is 11.3. The Morgan fingerprint density at radius 2 is 1.86 bits per heavy atom. The van der Waals surface area contributed by atoms with Crippen molar-refractivity contribution < 1.29 is 18.3 Å². The predicted octanol–water partition coefficient (Wildman–Crippen LogP) is 1.63. The van der Waals surface area contributed by atoms with Gasteiger partial charge >= 0.3 is 5.97 Å². The Morgan fingerprint density at radius 3 is 2.33 bits per heavy atom. The van der Waals surface area contributed by atoms with Crippen LogP contribution in [0.2, 0.25) is 0 Å². The number of carbonyl (C=O) groups is 1. The van der Waals surface area contributed by atoms with Crippen LogP contribution in [0.15, 0.2) is 35.4 Å². The van der Waals surface area contributed by atoms with Crippen LogP contribution in [0.5, 0.6) is 0 Å². The van der Waals surface area contributed by atoms with Crippen LogP contribution in [0.4, 0.5) is 11.6 Å². The first kappa shape index (κ1) is 14.9. The number of nitrogens with one attached hydrogen (secondary N) is 1. The summed E-state index contributed by atoms with van der Waals surface area (Å²) in [5.74, 6) is -0.846. The first-order valence-corrected chi connectivity index (χ1v) is 7.80. The molecule has 7 nitrogen and oxygen atoms in total. The number of nitrogens with zero attached hydrogens (tertiary/aromatic N) is 2. The van der Waals surface area contributed by atoms with Crippen LogP contribution < -0.4 is 5.32 Å². The summed E-state index contributed by atoms with van der Waals surface area (Å²) in [5.41, 5.74) is 0.977. The third kappa shape index (κ3) is 3.54. The second kappa shape index (κ2) is 5.49. The molecule has 8 heteroatoms. The van der Waals surface area contributed by atoms with Crippen molar-refractivity contribution in [1.29, 1.82) is 0 Å². The van der Waals surface area contributed by atoms with Crippen molar-refractivity contribution in [3.05, 3.63) is 41.7 Å². The van der Waals surface area contributed by atoms with Crippen LogP contribution in [0.3, 0.4) is 0 Å². The summed E-state index contributed by atoms with van der Waals surface area (Å²) < 4.78 is 22.7. The fourth-order valence-electron chi connectivity index (χ4n) is 1.65. The quantitative estimate of drug-likeness (QED) is 0.883. The fraction of sp³-hybridized carbons (Fsp3) is 0.154. The van der Waals surface area contributed by atoms with E-state index in [9.17, 15) is 13.2 Å². The van der Waals surface area contributed by atoms with Crippen LogP contribution in [-0.2, 0) is 9.84 Å². The number of hydrogen-bond acceptors (Lipinski definition) is 6. The van der Waals surface area contributed by atoms with Crippen molar-refractivity contribution >= 4 is 27.4 Å². The van der Waals surface area contributed by atoms with Crippen LogP contribution in [0, 0.1) is 6.92 Å². The molecule has 0 aliphatic heterocycles. The lowest BCUT2D eigenvalue weighted by molar-refractivity contribution is 0.0695. The molecule has 110 valence electrons. The Labute approximate surface area is 121 Å². The maximum Gasteiger partial charge on any atom is 0.339 e. The van der Waals surface area contributed by atoms with E-state index in [1.54, 1.807) is 19.1 Å². The fourth-order valence-corrected chi connectivity index (χ4v) is 2.28. The number of benzene rings is 1. The molecule has 0 amide bonds. The number of aromatic carboxylic acids is 1. The molecule has 0 saturated carbocycles. The van der Waals surface area contributed by atoms with E-state index in [-0.39, 0.29) is 16.4 Å². The smallest absolute Gasteiger partial charge is 0.339 e. The van der Waals surface area contributed by atoms with Gasteiger partial charge in [0, 0.05) is 18.1 Å². The lowest BCUT2D eigenvalue weighted by atomic mass is 10.2. The zero-order chi connectivity index (χ0) is 15.6. The van der Waals surface area contributed by atoms with Gasteiger partial charge in [-0.2, -0.15) is 0 Å². The van der Waals surface area contributed by atoms with Crippen molar-refractivity contribution in [3.8, 4) is 0 Å². The van der Waals surface area contributed by atoms with Crippen LogP contribution in [0.1, 0.15) is 16.1 Å². The van der Waals surface area contributed by atoms with Crippen molar-refractivity contribution in [1.82, 2.24) is 9.97 Å². The summed E-state index contributed by atoms with van der Waals surface area (Å²) in [6, 6.07) is 6.10. The molecule has 0 aliphatic carbocycles. The highest BCUT2D eigenvalue weighted by molar-refractivity contribution is 7.90. The number of sulfone groups is 1. The number of aromatic nitrogens is 2. The average Bonchev–Trinajstić information content (AvgIpc) is 2.38. The van der Waals surface area contributed by atoms with Gasteiger partial charge in [0.15, 0.2) is 9.84 Å². The molecule has 1 aromatic carbocycles. The molecule has 1 heterocycles. The lowest BCUT2D eigenvalue weighted by Crippen LogP contribution is -2.06. The monoisotopic (exact) mass is 307 g/mol. The van der Waals surface area contributed by atoms with Gasteiger partial charge in [0.05, 0.1) is 16.2 Å². The Bertz CT molecular complexity index is 786. The molecule has 0 atom stereocenters. The second-order valence-electron chi connectivity index (χ2n) is 4.42. The van der Waals surface area contributed by atoms with Gasteiger partial charge in [0.25, 0.3) is 0 Å². The van der Waals surface area contributed by atoms with Crippen molar-refractivity contribution in [2.24, 2.45) is 0 Å². The Morgan fingerprint density at radius 1 is 1.24 bits per heavy atom. The van der Waals surface area contributed by atoms with E-state index in [2.05, 4.69) is 15.3 Å². The molecule has 0 bridgehead atoms. The maximum atomic E-state index is 11.3. The minimum absolute atomic E-state index is 0.0352. The van der Waals surface area contributed by atoms with Gasteiger partial charge < -0.3 is 10.4 Å². The molecule has 0 unspecified atom stereocenters. The Kier molecular flexibility index (Phi) is 3.90. The molecule has 0 spiro atoms. The van der Waals surface area contributed by atoms with Crippen molar-refractivity contribution in [3.63, 3.8) is 0 Å². The van der Waals surface area contributed by atoms with Crippen LogP contribution in [-0.4, -0.2) is 35.7 Å². The topological polar surface area (TPSA) is 109 Å². The van der Waals surface area contributed by atoms with Gasteiger partial charge in [-0.3, -0.25) is 0 Å². The molecule has 2 N–H and O–H groups in total. The molecular weight excluding hydrogens is 294 g/mol. The molecule has 1 aromatic heterocycles. The third-order valence-corrected chi connectivity index (χ3v) is 3.88. The van der Waals surface area contributed by atoms with E-state index in [0.29, 0.717) is 11.4 Å². The standard InChI is InChI=1S/C13H13N3O4S/c1-8-11(12(17)18)7-14-13(15-8)16-9-3-5-10(6-4-9)21(2,19)20/h3-7H,1-2H3,(H,17,18)(H,14,15,16). The number of anilines is 2. The molecule has 0 fully saturated rings. The lowest BCUT2D eigenvalue weighted by Gasteiger charge is -2.07. The largest absolute Gasteiger partial charge is 0.478 e. The van der Waals surface area contributed by atoms with Gasteiger partial charge in [0.2, 0.25) is 5.95 Å². The van der Waals surface area contributed by atoms with Crippen molar-refractivity contribution in [2.45, 2.75) is 11.8 Å². The van der Waals surface area contributed by atoms with Gasteiger partial charge in [-0.05, 0) is 31.2 Å². The Balaban J connectivity index is 2.23. The normalized spacial score (nSPS) is 11.1. The van der Waals surface area contributed by atoms with E-state index in [1.165, 1.54) is 18.3 Å². The molecule has 21 heavy (non-hydrogen) atoms. The zero-order valence-electron chi connectivity index (χ0n) is 11.4. The van der Waals surface area contributed by atoms with E-state index in [4.69, 9.17) is 5.11 Å². The van der Waals surface area contributed by atoms with Crippen LogP contribution in [0.25, 0.3) is 0 Å². The highest BCUT2D eigenvalue weighted by atomic mass is 32.2. The molecule has 0 radical (unpaired) electrons. The average molecular weight is 307 g/mol. The van der Waals surface area contributed by atoms with E-state index in [1.807, 2.05) is 0 Å². The number of rotatable bonds is 4. The first-order chi connectivity index (χ1) is 9.77. The summed E-state index contributed by atoms with van der Waals surface area (Å²) in [7, 11) is -3.24. The van der Waals surface area contributed by atoms with E-state index >= 15 is 0 Å². The van der Waals surface area contributed by atoms with E-state index in [0.717, 1.165) is 6.26 Å². The predicted molar refractivity (Wildman–Crippen MR) is 76.6 cm³/mol. The van der Waals surface area contributed by atoms with Gasteiger partial charge in [-0.1, -0.05) is 0 Å². The number of aryl methyl sites for hydroxylation is 1. The third-order valence-electron chi connectivity index (χ3n) is 2.75. The molecule has 2 rings (SSSR count). The minimum Gasteiger partial charge on any atom is -0.478 e. The van der Waals surface area contributed by atoms with E-state index < -0.39 is 15.8 Å². The molecule has 2 aromatic rings. The summed E-state index contributed by atoms with van der Waals surface area (Å²) in [6.45, 7) is 1.57. The summed E-state index contributed by atoms with van der Waals surface area (Å²) in [4.78, 5) is 19.0. The molecular formula is C13H13N3O4S. The zero-order valence-corrected chi connectivity index (χ0v) is 12.2. The number of carboxylic acids is 1. The molecule has 0 saturated heterocycles. The highest BCUT2D eigenvalue weighted by Gasteiger charge is 2.10. The van der Waals surface area contributed by atoms with Gasteiger partial charge in [-0.25, -0.2) is 23.2 Å². The minimum atomic E-state index is -3.24. The number of carboxylic acid groups (broad SMARTS) is 1. The summed E-state index contributed by atoms with van der Waals surface area (Å²) >= 11 is 0. The molecule has 0 aliphatic rings. The van der Waals surface area contributed by atoms with Gasteiger partial charge in [-0.15, -0.1) is 0 Å². The van der Waals surface area contributed by atoms with Crippen molar-refractivity contribution in [2.75, 3.05) is 11.6 Å². The number of hydrogen-bond donors (Lipinski definition) is 2. The SMILES string of the molecule is Cc1nc(Nc2ccc(S(C)(=O)=O)cc2)ncc1C(=O)O. The second-order valence-corrected chi connectivity index (χ2v) is 6.44. The first-order valence-electron chi connectivity index (χ1n) is 5.91. The summed E-state index contributed by atoms with van der Waals surface area (Å²) in [5, 5.41) is 11.8. The highest BCUT2D eigenvalue weighted by Crippen LogP contribution is 2.17. The van der Waals surface area contributed by atoms with Crippen LogP contribution >= 0.6 is 0 Å². The Hall–Kier alpha value is -2.48. The summed E-state index contributed by atoms with van der Waals surface area (Å²) in [6.07, 6.45) is 2.35.